The number of alkyl halides is 1. The lowest BCUT2D eigenvalue weighted by Gasteiger charge is -2.27. The first-order valence-corrected chi connectivity index (χ1v) is 10.5. The highest BCUT2D eigenvalue weighted by molar-refractivity contribution is 6.43. The molecular formula is C21H24ClF2N5O2. The van der Waals surface area contributed by atoms with Crippen molar-refractivity contribution in [1.29, 1.82) is 5.41 Å². The van der Waals surface area contributed by atoms with Gasteiger partial charge in [-0.15, -0.1) is 0 Å². The number of nitrogens with one attached hydrogen (secondary N) is 3. The zero-order chi connectivity index (χ0) is 22.3. The Morgan fingerprint density at radius 3 is 2.81 bits per heavy atom. The first kappa shape index (κ1) is 21.7. The van der Waals surface area contributed by atoms with Crippen LogP contribution in [-0.4, -0.2) is 66.9 Å². The first-order valence-electron chi connectivity index (χ1n) is 10.1. The maximum atomic E-state index is 14.0. The van der Waals surface area contributed by atoms with Gasteiger partial charge in [-0.1, -0.05) is 11.6 Å². The summed E-state index contributed by atoms with van der Waals surface area (Å²) in [7, 11) is 0. The number of amides is 1. The smallest absolute Gasteiger partial charge is 0.257 e. The van der Waals surface area contributed by atoms with Crippen LogP contribution in [0, 0.1) is 17.1 Å². The van der Waals surface area contributed by atoms with Gasteiger partial charge in [-0.3, -0.25) is 9.79 Å². The summed E-state index contributed by atoms with van der Waals surface area (Å²) < 4.78 is 33.5. The van der Waals surface area contributed by atoms with E-state index in [4.69, 9.17) is 21.7 Å². The van der Waals surface area contributed by atoms with Crippen LogP contribution < -0.4 is 15.4 Å². The van der Waals surface area contributed by atoms with Gasteiger partial charge in [0.15, 0.2) is 6.17 Å². The van der Waals surface area contributed by atoms with Crippen LogP contribution in [0.25, 0.3) is 0 Å². The molecule has 0 aliphatic carbocycles. The molecule has 3 N–H and O–H groups in total. The van der Waals surface area contributed by atoms with Gasteiger partial charge in [-0.2, -0.15) is 0 Å². The molecule has 4 rings (SSSR count). The van der Waals surface area contributed by atoms with Crippen LogP contribution in [0.3, 0.4) is 0 Å². The highest BCUT2D eigenvalue weighted by Crippen LogP contribution is 2.29. The number of likely N-dealkylation sites (tertiary alicyclic amines) is 1. The van der Waals surface area contributed by atoms with E-state index in [9.17, 15) is 13.6 Å². The fraction of sp³-hybridized carbons (Fsp3) is 0.476. The molecule has 2 unspecified atom stereocenters. The molecule has 10 heteroatoms. The van der Waals surface area contributed by atoms with Gasteiger partial charge < -0.3 is 25.7 Å². The molecule has 0 bridgehead atoms. The number of ether oxygens (including phenoxy) is 1. The Hall–Kier alpha value is -2.52. The van der Waals surface area contributed by atoms with Crippen molar-refractivity contribution in [2.75, 3.05) is 26.2 Å². The predicted octanol–water partition coefficient (Wildman–Crippen LogP) is 2.47. The summed E-state index contributed by atoms with van der Waals surface area (Å²) in [5.74, 6) is -1.29. The van der Waals surface area contributed by atoms with Crippen molar-refractivity contribution >= 4 is 28.9 Å². The van der Waals surface area contributed by atoms with E-state index in [2.05, 4.69) is 15.6 Å². The number of hydrogen-bond acceptors (Lipinski definition) is 6. The summed E-state index contributed by atoms with van der Waals surface area (Å²) in [6.07, 6.45) is -2.42. The lowest BCUT2D eigenvalue weighted by molar-refractivity contribution is 0.0773. The van der Waals surface area contributed by atoms with E-state index in [-0.39, 0.29) is 43.4 Å². The quantitative estimate of drug-likeness (QED) is 0.656. The molecule has 166 valence electrons. The summed E-state index contributed by atoms with van der Waals surface area (Å²) in [5.41, 5.74) is 1.96. The Morgan fingerprint density at radius 2 is 2.13 bits per heavy atom. The zero-order valence-electron chi connectivity index (χ0n) is 17.2. The number of allylic oxidation sites excluding steroid dienone is 2. The van der Waals surface area contributed by atoms with Crippen LogP contribution in [0.5, 0.6) is 5.75 Å². The van der Waals surface area contributed by atoms with Crippen molar-refractivity contribution in [3.05, 3.63) is 40.3 Å². The number of hydrogen-bond donors (Lipinski definition) is 3. The minimum absolute atomic E-state index is 0.00606. The lowest BCUT2D eigenvalue weighted by atomic mass is 10.0. The first-order chi connectivity index (χ1) is 14.7. The van der Waals surface area contributed by atoms with Crippen molar-refractivity contribution in [2.24, 2.45) is 10.9 Å². The van der Waals surface area contributed by atoms with E-state index in [0.29, 0.717) is 16.5 Å². The van der Waals surface area contributed by atoms with Gasteiger partial charge in [0, 0.05) is 37.1 Å². The van der Waals surface area contributed by atoms with Gasteiger partial charge in [0.25, 0.3) is 5.91 Å². The fourth-order valence-corrected chi connectivity index (χ4v) is 4.17. The Morgan fingerprint density at radius 1 is 1.35 bits per heavy atom. The van der Waals surface area contributed by atoms with E-state index in [1.54, 1.807) is 6.92 Å². The summed E-state index contributed by atoms with van der Waals surface area (Å²) >= 11 is 6.19. The standard InChI is InChI=1S/C21H24ClF2N5O2/c1-10-19(22)11(2)28-20(27-10)14-8-29(9-16(14)25)21(30)13-4-3-12(23)5-17(13)31-18-7-26-6-15(18)24/h3-5,14-15,18,20,25-27H,6-9H2,1-2H3/t14?,15-,18-,20?/m1/s1. The van der Waals surface area contributed by atoms with Gasteiger partial charge >= 0.3 is 0 Å². The van der Waals surface area contributed by atoms with Crippen molar-refractivity contribution in [2.45, 2.75) is 32.3 Å². The Labute approximate surface area is 184 Å². The van der Waals surface area contributed by atoms with E-state index >= 15 is 0 Å². The van der Waals surface area contributed by atoms with Gasteiger partial charge in [-0.25, -0.2) is 8.78 Å². The molecule has 1 aromatic rings. The molecule has 31 heavy (non-hydrogen) atoms. The zero-order valence-corrected chi connectivity index (χ0v) is 18.0. The van der Waals surface area contributed by atoms with E-state index < -0.39 is 30.2 Å². The average molecular weight is 452 g/mol. The third-order valence-electron chi connectivity index (χ3n) is 5.78. The largest absolute Gasteiger partial charge is 0.485 e. The maximum absolute atomic E-state index is 14.0. The second kappa shape index (κ2) is 8.55. The average Bonchev–Trinajstić information content (AvgIpc) is 3.31. The van der Waals surface area contributed by atoms with E-state index in [1.165, 1.54) is 17.0 Å². The molecule has 3 aliphatic heterocycles. The summed E-state index contributed by atoms with van der Waals surface area (Å²) in [6, 6.07) is 3.61. The Kier molecular flexibility index (Phi) is 5.98. The third kappa shape index (κ3) is 4.29. The molecule has 3 aliphatic rings. The molecule has 7 nitrogen and oxygen atoms in total. The number of carbonyl (C=O) groups excluding carboxylic acids is 1. The summed E-state index contributed by atoms with van der Waals surface area (Å²) in [6.45, 7) is 4.47. The van der Waals surface area contributed by atoms with Gasteiger partial charge in [0.05, 0.1) is 28.8 Å². The van der Waals surface area contributed by atoms with E-state index in [0.717, 1.165) is 11.8 Å². The van der Waals surface area contributed by atoms with Gasteiger partial charge in [0.2, 0.25) is 0 Å². The van der Waals surface area contributed by atoms with Crippen LogP contribution >= 0.6 is 11.6 Å². The number of halogens is 3. The number of nitrogens with zero attached hydrogens (tertiary/aromatic N) is 2. The van der Waals surface area contributed by atoms with E-state index in [1.807, 2.05) is 6.92 Å². The molecule has 0 spiro atoms. The molecule has 2 fully saturated rings. The molecule has 0 saturated carbocycles. The van der Waals surface area contributed by atoms with Crippen LogP contribution in [0.4, 0.5) is 8.78 Å². The molecule has 4 atom stereocenters. The highest BCUT2D eigenvalue weighted by Gasteiger charge is 2.39. The SMILES string of the molecule is CC1=NC(C2CN(C(=O)c3ccc(F)cc3O[C@@H]3CNC[C@H]3F)CC2=N)NC(C)=C1Cl. The second-order valence-electron chi connectivity index (χ2n) is 8.03. The number of aliphatic imine (C=N–C) groups is 1. The summed E-state index contributed by atoms with van der Waals surface area (Å²) in [5, 5.41) is 15.0. The van der Waals surface area contributed by atoms with Crippen molar-refractivity contribution in [3.63, 3.8) is 0 Å². The molecule has 2 saturated heterocycles. The topological polar surface area (TPSA) is 89.8 Å². The monoisotopic (exact) mass is 451 g/mol. The molecule has 1 aromatic carbocycles. The van der Waals surface area contributed by atoms with Crippen LogP contribution in [0.15, 0.2) is 33.9 Å². The van der Waals surface area contributed by atoms with Crippen molar-refractivity contribution in [1.82, 2.24) is 15.5 Å². The minimum atomic E-state index is -1.24. The third-order valence-corrected chi connectivity index (χ3v) is 6.34. The molecular weight excluding hydrogens is 428 g/mol. The molecule has 0 aromatic heterocycles. The lowest BCUT2D eigenvalue weighted by Crippen LogP contribution is -2.41. The number of benzene rings is 1. The number of carbonyl (C=O) groups is 1. The minimum Gasteiger partial charge on any atom is -0.485 e. The van der Waals surface area contributed by atoms with Gasteiger partial charge in [0.1, 0.15) is 23.8 Å². The fourth-order valence-electron chi connectivity index (χ4n) is 4.07. The normalized spacial score (nSPS) is 28.6. The van der Waals surface area contributed by atoms with Crippen LogP contribution in [0.2, 0.25) is 0 Å². The second-order valence-corrected chi connectivity index (χ2v) is 8.41. The van der Waals surface area contributed by atoms with Crippen molar-refractivity contribution < 1.29 is 18.3 Å². The molecule has 0 radical (unpaired) electrons. The van der Waals surface area contributed by atoms with Crippen molar-refractivity contribution in [3.8, 4) is 5.75 Å². The number of rotatable bonds is 4. The van der Waals surface area contributed by atoms with Gasteiger partial charge in [-0.05, 0) is 26.0 Å². The van der Waals surface area contributed by atoms with Crippen LogP contribution in [-0.2, 0) is 0 Å². The maximum Gasteiger partial charge on any atom is 0.257 e. The highest BCUT2D eigenvalue weighted by atomic mass is 35.5. The Bertz CT molecular complexity index is 983. The Balaban J connectivity index is 1.52. The summed E-state index contributed by atoms with van der Waals surface area (Å²) in [4.78, 5) is 19.3. The molecule has 1 amide bonds. The predicted molar refractivity (Wildman–Crippen MR) is 114 cm³/mol. The van der Waals surface area contributed by atoms with Crippen LogP contribution in [0.1, 0.15) is 24.2 Å². The molecule has 3 heterocycles.